The summed E-state index contributed by atoms with van der Waals surface area (Å²) >= 11 is 0. The number of carbonyl (C=O) groups excluding carboxylic acids is 1. The molecule has 1 aliphatic carbocycles. The minimum absolute atomic E-state index is 0.0333. The molecule has 0 unspecified atom stereocenters. The first-order valence-corrected chi connectivity index (χ1v) is 6.24. The molecule has 1 saturated carbocycles. The van der Waals surface area contributed by atoms with E-state index in [1.165, 1.54) is 0 Å². The summed E-state index contributed by atoms with van der Waals surface area (Å²) in [5.74, 6) is 0.712. The fourth-order valence-electron chi connectivity index (χ4n) is 2.43. The molecule has 0 radical (unpaired) electrons. The van der Waals surface area contributed by atoms with Gasteiger partial charge in [-0.2, -0.15) is 0 Å². The van der Waals surface area contributed by atoms with Crippen LogP contribution in [-0.2, 0) is 10.3 Å². The molecule has 4 heteroatoms. The predicted octanol–water partition coefficient (Wildman–Crippen LogP) is 1.77. The predicted molar refractivity (Wildman–Crippen MR) is 69.7 cm³/mol. The van der Waals surface area contributed by atoms with Crippen LogP contribution in [0.15, 0.2) is 18.2 Å². The first-order chi connectivity index (χ1) is 8.33. The molecular formula is C14H18N2O2. The van der Waals surface area contributed by atoms with Gasteiger partial charge in [0.1, 0.15) is 5.75 Å². The number of carbonyl (C=O) groups is 1. The van der Waals surface area contributed by atoms with Gasteiger partial charge in [0.15, 0.2) is 5.60 Å². The van der Waals surface area contributed by atoms with Gasteiger partial charge in [0.25, 0.3) is 5.91 Å². The molecule has 2 N–H and O–H groups in total. The highest BCUT2D eigenvalue weighted by molar-refractivity contribution is 6.02. The monoisotopic (exact) mass is 246 g/mol. The first kappa shape index (κ1) is 11.5. The van der Waals surface area contributed by atoms with Crippen molar-refractivity contribution in [1.29, 1.82) is 0 Å². The molecule has 0 bridgehead atoms. The van der Waals surface area contributed by atoms with Crippen molar-refractivity contribution in [3.8, 4) is 5.75 Å². The summed E-state index contributed by atoms with van der Waals surface area (Å²) in [6, 6.07) is 5.91. The first-order valence-electron chi connectivity index (χ1n) is 6.24. The number of ether oxygens (including phenoxy) is 1. The maximum absolute atomic E-state index is 12.2. The van der Waals surface area contributed by atoms with Crippen LogP contribution < -0.4 is 15.4 Å². The molecule has 2 aliphatic rings. The van der Waals surface area contributed by atoms with Gasteiger partial charge in [-0.1, -0.05) is 6.07 Å². The van der Waals surface area contributed by atoms with Gasteiger partial charge >= 0.3 is 0 Å². The van der Waals surface area contributed by atoms with E-state index < -0.39 is 5.60 Å². The lowest BCUT2D eigenvalue weighted by molar-refractivity contribution is -0.132. The molecule has 1 aromatic carbocycles. The van der Waals surface area contributed by atoms with E-state index in [4.69, 9.17) is 10.5 Å². The second kappa shape index (κ2) is 3.26. The smallest absolute Gasteiger partial charge is 0.270 e. The third-order valence-corrected chi connectivity index (χ3v) is 3.87. The zero-order chi connectivity index (χ0) is 13.1. The summed E-state index contributed by atoms with van der Waals surface area (Å²) in [6.07, 6.45) is 2.02. The van der Waals surface area contributed by atoms with E-state index in [0.717, 1.165) is 29.8 Å². The van der Waals surface area contributed by atoms with Crippen molar-refractivity contribution in [2.24, 2.45) is 5.73 Å². The van der Waals surface area contributed by atoms with E-state index in [0.29, 0.717) is 0 Å². The van der Waals surface area contributed by atoms with Crippen molar-refractivity contribution >= 4 is 11.6 Å². The molecule has 4 nitrogen and oxygen atoms in total. The lowest BCUT2D eigenvalue weighted by Gasteiger charge is -2.37. The third kappa shape index (κ3) is 1.52. The van der Waals surface area contributed by atoms with Crippen LogP contribution in [0.25, 0.3) is 0 Å². The maximum atomic E-state index is 12.2. The number of hydrogen-bond donors (Lipinski definition) is 1. The third-order valence-electron chi connectivity index (χ3n) is 3.87. The topological polar surface area (TPSA) is 55.6 Å². The van der Waals surface area contributed by atoms with Crippen LogP contribution in [0.3, 0.4) is 0 Å². The highest BCUT2D eigenvalue weighted by Crippen LogP contribution is 2.46. The molecule has 1 aliphatic heterocycles. The molecule has 1 heterocycles. The average Bonchev–Trinajstić information content (AvgIpc) is 3.05. The maximum Gasteiger partial charge on any atom is 0.270 e. The van der Waals surface area contributed by atoms with E-state index in [9.17, 15) is 4.79 Å². The summed E-state index contributed by atoms with van der Waals surface area (Å²) in [5.41, 5.74) is 7.10. The summed E-state index contributed by atoms with van der Waals surface area (Å²) < 4.78 is 5.76. The Morgan fingerprint density at radius 1 is 1.33 bits per heavy atom. The molecule has 0 aromatic heterocycles. The van der Waals surface area contributed by atoms with E-state index in [2.05, 4.69) is 0 Å². The minimum atomic E-state index is -0.802. The zero-order valence-corrected chi connectivity index (χ0v) is 11.0. The van der Waals surface area contributed by atoms with Crippen molar-refractivity contribution in [2.45, 2.75) is 37.8 Å². The fourth-order valence-corrected chi connectivity index (χ4v) is 2.43. The van der Waals surface area contributed by atoms with Gasteiger partial charge in [0, 0.05) is 12.6 Å². The summed E-state index contributed by atoms with van der Waals surface area (Å²) in [6.45, 7) is 3.57. The molecule has 0 atom stereocenters. The Morgan fingerprint density at radius 2 is 2.00 bits per heavy atom. The van der Waals surface area contributed by atoms with Gasteiger partial charge in [-0.25, -0.2) is 0 Å². The second-order valence-electron chi connectivity index (χ2n) is 5.82. The Bertz CT molecular complexity index is 533. The number of benzene rings is 1. The number of rotatable bonds is 1. The SMILES string of the molecule is CN1C(=O)C(C)(C)Oc2ccc(C3(N)CC3)cc21. The molecule has 3 rings (SSSR count). The standard InChI is InChI=1S/C14H18N2O2/c1-13(2)12(17)16(3)10-8-9(14(15)6-7-14)4-5-11(10)18-13/h4-5,8H,6-7,15H2,1-3H3. The molecule has 18 heavy (non-hydrogen) atoms. The normalized spacial score (nSPS) is 23.3. The van der Waals surface area contributed by atoms with Gasteiger partial charge in [-0.05, 0) is 44.4 Å². The Labute approximate surface area is 107 Å². The van der Waals surface area contributed by atoms with E-state index in [1.807, 2.05) is 18.2 Å². The van der Waals surface area contributed by atoms with Crippen LogP contribution in [0.5, 0.6) is 5.75 Å². The number of hydrogen-bond acceptors (Lipinski definition) is 3. The van der Waals surface area contributed by atoms with E-state index in [-0.39, 0.29) is 11.4 Å². The number of fused-ring (bicyclic) bond motifs is 1. The lowest BCUT2D eigenvalue weighted by Crippen LogP contribution is -2.51. The van der Waals surface area contributed by atoms with Gasteiger partial charge in [0.05, 0.1) is 5.69 Å². The number of amides is 1. The Morgan fingerprint density at radius 3 is 2.61 bits per heavy atom. The van der Waals surface area contributed by atoms with Gasteiger partial charge in [-0.15, -0.1) is 0 Å². The number of nitrogens with two attached hydrogens (primary N) is 1. The van der Waals surface area contributed by atoms with Crippen LogP contribution in [0, 0.1) is 0 Å². The van der Waals surface area contributed by atoms with Crippen LogP contribution in [-0.4, -0.2) is 18.6 Å². The lowest BCUT2D eigenvalue weighted by atomic mass is 10.0. The molecule has 0 saturated heterocycles. The number of nitrogens with zero attached hydrogens (tertiary/aromatic N) is 1. The average molecular weight is 246 g/mol. The van der Waals surface area contributed by atoms with Crippen molar-refractivity contribution in [3.63, 3.8) is 0 Å². The van der Waals surface area contributed by atoms with Crippen molar-refractivity contribution in [2.75, 3.05) is 11.9 Å². The molecule has 1 amide bonds. The van der Waals surface area contributed by atoms with Crippen molar-refractivity contribution in [1.82, 2.24) is 0 Å². The Balaban J connectivity index is 2.07. The summed E-state index contributed by atoms with van der Waals surface area (Å²) in [7, 11) is 1.78. The number of likely N-dealkylation sites (N-methyl/N-ethyl adjacent to an activating group) is 1. The molecule has 0 spiro atoms. The van der Waals surface area contributed by atoms with Crippen LogP contribution >= 0.6 is 0 Å². The van der Waals surface area contributed by atoms with Gasteiger partial charge < -0.3 is 15.4 Å². The molecule has 96 valence electrons. The fraction of sp³-hybridized carbons (Fsp3) is 0.500. The molecule has 1 aromatic rings. The number of anilines is 1. The quantitative estimate of drug-likeness (QED) is 0.821. The highest BCUT2D eigenvalue weighted by atomic mass is 16.5. The van der Waals surface area contributed by atoms with Crippen molar-refractivity contribution in [3.05, 3.63) is 23.8 Å². The van der Waals surface area contributed by atoms with Crippen molar-refractivity contribution < 1.29 is 9.53 Å². The van der Waals surface area contributed by atoms with Crippen LogP contribution in [0.2, 0.25) is 0 Å². The van der Waals surface area contributed by atoms with Gasteiger partial charge in [-0.3, -0.25) is 4.79 Å². The summed E-state index contributed by atoms with van der Waals surface area (Å²) in [5, 5.41) is 0. The minimum Gasteiger partial charge on any atom is -0.476 e. The second-order valence-corrected chi connectivity index (χ2v) is 5.82. The Hall–Kier alpha value is -1.55. The van der Waals surface area contributed by atoms with E-state index in [1.54, 1.807) is 25.8 Å². The molecule has 1 fully saturated rings. The molecular weight excluding hydrogens is 228 g/mol. The summed E-state index contributed by atoms with van der Waals surface area (Å²) in [4.78, 5) is 13.8. The van der Waals surface area contributed by atoms with Gasteiger partial charge in [0.2, 0.25) is 0 Å². The zero-order valence-electron chi connectivity index (χ0n) is 11.0. The van der Waals surface area contributed by atoms with E-state index >= 15 is 0 Å². The largest absolute Gasteiger partial charge is 0.476 e. The van der Waals surface area contributed by atoms with Crippen LogP contribution in [0.1, 0.15) is 32.3 Å². The Kier molecular flexibility index (Phi) is 2.09. The highest BCUT2D eigenvalue weighted by Gasteiger charge is 2.43. The van der Waals surface area contributed by atoms with Crippen LogP contribution in [0.4, 0.5) is 5.69 Å².